The van der Waals surface area contributed by atoms with E-state index in [1.54, 1.807) is 0 Å². The predicted octanol–water partition coefficient (Wildman–Crippen LogP) is 3.95. The lowest BCUT2D eigenvalue weighted by molar-refractivity contribution is 0.0710. The number of carbonyl (C=O) groups excluding carboxylic acids is 1. The van der Waals surface area contributed by atoms with Crippen molar-refractivity contribution in [3.05, 3.63) is 36.5 Å². The number of carbonyl (C=O) groups is 1. The Hall–Kier alpha value is -2.63. The maximum Gasteiger partial charge on any atom is 0.270 e. The molecule has 3 rings (SSSR count). The third-order valence-electron chi connectivity index (χ3n) is 4.00. The molecule has 134 valence electrons. The van der Waals surface area contributed by atoms with Crippen molar-refractivity contribution in [2.24, 2.45) is 11.8 Å². The first-order chi connectivity index (χ1) is 12.0. The number of aromatic amines is 2. The van der Waals surface area contributed by atoms with E-state index >= 15 is 0 Å². The highest BCUT2D eigenvalue weighted by Crippen LogP contribution is 2.25. The lowest BCUT2D eigenvalue weighted by Crippen LogP contribution is -2.37. The second kappa shape index (κ2) is 7.09. The summed E-state index contributed by atoms with van der Waals surface area (Å²) in [5.41, 5.74) is 3.10. The molecule has 3 aromatic heterocycles. The quantitative estimate of drug-likeness (QED) is 0.712. The van der Waals surface area contributed by atoms with Gasteiger partial charge in [-0.2, -0.15) is 0 Å². The number of nitrogens with one attached hydrogen (secondary N) is 2. The molecule has 0 aliphatic heterocycles. The summed E-state index contributed by atoms with van der Waals surface area (Å²) in [7, 11) is 0. The van der Waals surface area contributed by atoms with E-state index in [2.05, 4.69) is 47.6 Å². The summed E-state index contributed by atoms with van der Waals surface area (Å²) in [6.07, 6.45) is 5.21. The zero-order valence-electron chi connectivity index (χ0n) is 15.2. The van der Waals surface area contributed by atoms with E-state index in [4.69, 9.17) is 0 Å². The number of H-pyrrole nitrogens is 2. The van der Waals surface area contributed by atoms with Crippen LogP contribution in [0, 0.1) is 11.8 Å². The van der Waals surface area contributed by atoms with Gasteiger partial charge in [-0.15, -0.1) is 0 Å². The molecule has 3 aromatic rings. The van der Waals surface area contributed by atoms with Crippen LogP contribution in [0.15, 0.2) is 30.9 Å². The molecule has 6 nitrogen and oxygen atoms in total. The van der Waals surface area contributed by atoms with Gasteiger partial charge in [0, 0.05) is 37.9 Å². The summed E-state index contributed by atoms with van der Waals surface area (Å²) >= 11 is 0. The number of amides is 1. The minimum atomic E-state index is 0. The molecule has 0 bridgehead atoms. The molecule has 0 atom stereocenters. The number of nitrogens with zero attached hydrogens (tertiary/aromatic N) is 3. The molecule has 0 aliphatic rings. The molecular formula is C19H27N5O. The second-order valence-corrected chi connectivity index (χ2v) is 7.26. The van der Waals surface area contributed by atoms with Crippen molar-refractivity contribution in [2.45, 2.75) is 27.7 Å². The van der Waals surface area contributed by atoms with Gasteiger partial charge in [-0.25, -0.2) is 9.97 Å². The lowest BCUT2D eigenvalue weighted by atomic mass is 10.1. The zero-order chi connectivity index (χ0) is 18.0. The minimum absolute atomic E-state index is 0. The standard InChI is InChI=1S/C19H25N5O.H2/c1-12(2)9-24(10-13(3)4)19(25)16-7-14(8-21-16)17-15-5-6-20-18(15)23-11-22-17;/h5-8,11-13,21H,9-10H2,1-4H3,(H,20,22,23);1H. The fourth-order valence-electron chi connectivity index (χ4n) is 3.05. The molecule has 0 radical (unpaired) electrons. The van der Waals surface area contributed by atoms with Crippen LogP contribution in [0.3, 0.4) is 0 Å². The van der Waals surface area contributed by atoms with Gasteiger partial charge in [0.1, 0.15) is 17.7 Å². The van der Waals surface area contributed by atoms with E-state index in [-0.39, 0.29) is 7.33 Å². The fourth-order valence-corrected chi connectivity index (χ4v) is 3.05. The first-order valence-electron chi connectivity index (χ1n) is 8.72. The first-order valence-corrected chi connectivity index (χ1v) is 8.72. The zero-order valence-corrected chi connectivity index (χ0v) is 15.2. The van der Waals surface area contributed by atoms with Crippen LogP contribution < -0.4 is 0 Å². The van der Waals surface area contributed by atoms with Gasteiger partial charge < -0.3 is 14.9 Å². The number of hydrogen-bond acceptors (Lipinski definition) is 3. The Balaban J connectivity index is 0.00000243. The minimum Gasteiger partial charge on any atom is -0.357 e. The normalized spacial score (nSPS) is 11.6. The van der Waals surface area contributed by atoms with Crippen LogP contribution in [0.25, 0.3) is 22.3 Å². The molecule has 3 heterocycles. The maximum atomic E-state index is 12.9. The van der Waals surface area contributed by atoms with Gasteiger partial charge in [0.05, 0.1) is 5.69 Å². The monoisotopic (exact) mass is 341 g/mol. The Morgan fingerprint density at radius 3 is 2.56 bits per heavy atom. The van der Waals surface area contributed by atoms with Crippen molar-refractivity contribution in [1.29, 1.82) is 0 Å². The topological polar surface area (TPSA) is 77.7 Å². The van der Waals surface area contributed by atoms with Crippen LogP contribution >= 0.6 is 0 Å². The first kappa shape index (κ1) is 17.2. The van der Waals surface area contributed by atoms with Gasteiger partial charge in [0.15, 0.2) is 0 Å². The Morgan fingerprint density at radius 1 is 1.16 bits per heavy atom. The smallest absolute Gasteiger partial charge is 0.270 e. The van der Waals surface area contributed by atoms with Crippen molar-refractivity contribution >= 4 is 16.9 Å². The summed E-state index contributed by atoms with van der Waals surface area (Å²) < 4.78 is 0. The SMILES string of the molecule is CC(C)CN(CC(C)C)C(=O)c1cc(-c2ncnc3[nH]ccc23)c[nH]1.[HH]. The molecule has 2 N–H and O–H groups in total. The molecule has 0 fully saturated rings. The van der Waals surface area contributed by atoms with Crippen molar-refractivity contribution in [3.8, 4) is 11.3 Å². The van der Waals surface area contributed by atoms with E-state index in [0.29, 0.717) is 17.5 Å². The van der Waals surface area contributed by atoms with Crippen LogP contribution in [0.4, 0.5) is 0 Å². The number of rotatable bonds is 6. The largest absolute Gasteiger partial charge is 0.357 e. The second-order valence-electron chi connectivity index (χ2n) is 7.26. The predicted molar refractivity (Wildman–Crippen MR) is 101 cm³/mol. The molecule has 1 amide bonds. The molecule has 0 unspecified atom stereocenters. The summed E-state index contributed by atoms with van der Waals surface area (Å²) in [6.45, 7) is 10.0. The third-order valence-corrected chi connectivity index (χ3v) is 4.00. The van der Waals surface area contributed by atoms with Crippen molar-refractivity contribution in [1.82, 2.24) is 24.8 Å². The van der Waals surface area contributed by atoms with Gasteiger partial charge in [-0.05, 0) is 24.0 Å². The lowest BCUT2D eigenvalue weighted by Gasteiger charge is -2.25. The van der Waals surface area contributed by atoms with Gasteiger partial charge in [0.25, 0.3) is 5.91 Å². The van der Waals surface area contributed by atoms with Crippen LogP contribution in [0.1, 0.15) is 39.6 Å². The molecule has 0 aliphatic carbocycles. The van der Waals surface area contributed by atoms with E-state index in [0.717, 1.165) is 35.4 Å². The molecule has 25 heavy (non-hydrogen) atoms. The van der Waals surface area contributed by atoms with E-state index in [9.17, 15) is 4.79 Å². The van der Waals surface area contributed by atoms with Crippen LogP contribution in [0.2, 0.25) is 0 Å². The number of fused-ring (bicyclic) bond motifs is 1. The highest BCUT2D eigenvalue weighted by molar-refractivity contribution is 5.96. The van der Waals surface area contributed by atoms with Gasteiger partial charge in [-0.3, -0.25) is 4.79 Å². The highest BCUT2D eigenvalue weighted by atomic mass is 16.2. The Labute approximate surface area is 149 Å². The van der Waals surface area contributed by atoms with Gasteiger partial charge >= 0.3 is 0 Å². The molecule has 0 spiro atoms. The third kappa shape index (κ3) is 3.73. The van der Waals surface area contributed by atoms with Crippen molar-refractivity contribution < 1.29 is 6.22 Å². The molecular weight excluding hydrogens is 314 g/mol. The Morgan fingerprint density at radius 2 is 1.88 bits per heavy atom. The van der Waals surface area contributed by atoms with E-state index in [1.807, 2.05) is 29.4 Å². The Bertz CT molecular complexity index is 858. The highest BCUT2D eigenvalue weighted by Gasteiger charge is 2.20. The summed E-state index contributed by atoms with van der Waals surface area (Å²) in [6, 6.07) is 3.83. The Kier molecular flexibility index (Phi) is 4.88. The van der Waals surface area contributed by atoms with E-state index in [1.165, 1.54) is 6.33 Å². The molecule has 0 aromatic carbocycles. The summed E-state index contributed by atoms with van der Waals surface area (Å²) in [5.74, 6) is 0.893. The van der Waals surface area contributed by atoms with Crippen molar-refractivity contribution in [2.75, 3.05) is 13.1 Å². The number of hydrogen-bond donors (Lipinski definition) is 2. The van der Waals surface area contributed by atoms with Crippen LogP contribution in [-0.2, 0) is 0 Å². The van der Waals surface area contributed by atoms with Gasteiger partial charge in [-0.1, -0.05) is 27.7 Å². The number of aromatic nitrogens is 4. The summed E-state index contributed by atoms with van der Waals surface area (Å²) in [5, 5.41) is 0.946. The molecule has 6 heteroatoms. The van der Waals surface area contributed by atoms with E-state index < -0.39 is 0 Å². The van der Waals surface area contributed by atoms with Crippen LogP contribution in [-0.4, -0.2) is 43.8 Å². The van der Waals surface area contributed by atoms with Crippen molar-refractivity contribution in [3.63, 3.8) is 0 Å². The molecule has 0 saturated carbocycles. The average molecular weight is 341 g/mol. The summed E-state index contributed by atoms with van der Waals surface area (Å²) in [4.78, 5) is 29.7. The van der Waals surface area contributed by atoms with Gasteiger partial charge in [0.2, 0.25) is 0 Å². The maximum absolute atomic E-state index is 12.9. The average Bonchev–Trinajstić information content (AvgIpc) is 3.21. The fraction of sp³-hybridized carbons (Fsp3) is 0.421. The van der Waals surface area contributed by atoms with Crippen LogP contribution in [0.5, 0.6) is 0 Å². The molecule has 0 saturated heterocycles.